The molecule has 1 saturated heterocycles. The van der Waals surface area contributed by atoms with Gasteiger partial charge < -0.3 is 15.5 Å². The van der Waals surface area contributed by atoms with Crippen molar-refractivity contribution < 1.29 is 4.79 Å². The van der Waals surface area contributed by atoms with Gasteiger partial charge in [-0.15, -0.1) is 0 Å². The van der Waals surface area contributed by atoms with Crippen LogP contribution in [-0.2, 0) is 4.79 Å². The molecule has 1 amide bonds. The maximum Gasteiger partial charge on any atom is 0.210 e. The number of nitrogens with two attached hydrogens (primary N) is 1. The van der Waals surface area contributed by atoms with Gasteiger partial charge in [-0.1, -0.05) is 0 Å². The van der Waals surface area contributed by atoms with Gasteiger partial charge in [-0.3, -0.25) is 4.79 Å². The Balaban J connectivity index is 2.71. The molecule has 1 aliphatic heterocycles. The van der Waals surface area contributed by atoms with Gasteiger partial charge in [-0.05, 0) is 20.9 Å². The molecule has 1 atom stereocenters. The molecule has 13 heavy (non-hydrogen) atoms. The van der Waals surface area contributed by atoms with Crippen molar-refractivity contribution in [1.29, 1.82) is 0 Å². The van der Waals surface area contributed by atoms with Crippen LogP contribution in [0.4, 0.5) is 0 Å². The Kier molecular flexibility index (Phi) is 2.93. The highest BCUT2D eigenvalue weighted by Crippen LogP contribution is 2.16. The summed E-state index contributed by atoms with van der Waals surface area (Å²) >= 11 is 0. The average molecular weight is 185 g/mol. The van der Waals surface area contributed by atoms with Crippen LogP contribution in [0.5, 0.6) is 0 Å². The number of nitrogens with zero attached hydrogens (tertiary/aromatic N) is 2. The minimum absolute atomic E-state index is 0.128. The van der Waals surface area contributed by atoms with Crippen molar-refractivity contribution in [2.45, 2.75) is 25.4 Å². The number of carbonyl (C=O) groups is 1. The van der Waals surface area contributed by atoms with Crippen LogP contribution in [0, 0.1) is 0 Å². The molecule has 0 radical (unpaired) electrons. The molecule has 1 aliphatic rings. The lowest BCUT2D eigenvalue weighted by Crippen LogP contribution is -2.62. The van der Waals surface area contributed by atoms with Gasteiger partial charge in [0.25, 0.3) is 0 Å². The Morgan fingerprint density at radius 3 is 2.54 bits per heavy atom. The number of hydrogen-bond donors (Lipinski definition) is 1. The Morgan fingerprint density at radius 2 is 2.08 bits per heavy atom. The predicted molar refractivity (Wildman–Crippen MR) is 52.3 cm³/mol. The van der Waals surface area contributed by atoms with E-state index in [2.05, 4.69) is 11.9 Å². The van der Waals surface area contributed by atoms with Gasteiger partial charge in [0.05, 0.1) is 6.04 Å². The highest BCUT2D eigenvalue weighted by Gasteiger charge is 2.33. The van der Waals surface area contributed by atoms with Crippen LogP contribution in [0.15, 0.2) is 0 Å². The van der Waals surface area contributed by atoms with Gasteiger partial charge in [0.2, 0.25) is 6.41 Å². The molecule has 4 nitrogen and oxygen atoms in total. The number of rotatable bonds is 2. The summed E-state index contributed by atoms with van der Waals surface area (Å²) in [5.74, 6) is 0. The zero-order valence-electron chi connectivity index (χ0n) is 8.66. The monoisotopic (exact) mass is 185 g/mol. The molecular formula is C9H19N3O. The molecule has 0 aliphatic carbocycles. The van der Waals surface area contributed by atoms with Crippen molar-refractivity contribution in [1.82, 2.24) is 9.80 Å². The molecule has 0 spiro atoms. The topological polar surface area (TPSA) is 49.6 Å². The van der Waals surface area contributed by atoms with E-state index < -0.39 is 0 Å². The smallest absolute Gasteiger partial charge is 0.210 e. The molecule has 4 heteroatoms. The second-order valence-electron chi connectivity index (χ2n) is 4.44. The van der Waals surface area contributed by atoms with Gasteiger partial charge >= 0.3 is 0 Å². The summed E-state index contributed by atoms with van der Waals surface area (Å²) in [5, 5.41) is 0. The van der Waals surface area contributed by atoms with Crippen LogP contribution in [-0.4, -0.2) is 54.5 Å². The first-order valence-electron chi connectivity index (χ1n) is 4.63. The van der Waals surface area contributed by atoms with Crippen molar-refractivity contribution in [3.05, 3.63) is 0 Å². The maximum atomic E-state index is 10.8. The Labute approximate surface area is 79.7 Å². The van der Waals surface area contributed by atoms with E-state index in [4.69, 9.17) is 5.73 Å². The fraction of sp³-hybridized carbons (Fsp3) is 0.889. The van der Waals surface area contributed by atoms with E-state index in [1.54, 1.807) is 4.90 Å². The zero-order chi connectivity index (χ0) is 10.1. The third-order valence-corrected chi connectivity index (χ3v) is 2.62. The third-order valence-electron chi connectivity index (χ3n) is 2.62. The van der Waals surface area contributed by atoms with Crippen LogP contribution in [0.2, 0.25) is 0 Å². The summed E-state index contributed by atoms with van der Waals surface area (Å²) in [5.41, 5.74) is 5.69. The molecule has 0 saturated carbocycles. The number of likely N-dealkylation sites (N-methyl/N-ethyl adjacent to an activating group) is 1. The minimum atomic E-state index is -0.324. The lowest BCUT2D eigenvalue weighted by Gasteiger charge is -2.44. The van der Waals surface area contributed by atoms with E-state index in [-0.39, 0.29) is 11.6 Å². The Bertz CT molecular complexity index is 188. The molecule has 2 N–H and O–H groups in total. The normalized spacial score (nSPS) is 26.2. The first kappa shape index (κ1) is 10.5. The largest absolute Gasteiger partial charge is 0.338 e. The van der Waals surface area contributed by atoms with Gasteiger partial charge in [-0.2, -0.15) is 0 Å². The van der Waals surface area contributed by atoms with Crippen molar-refractivity contribution in [3.8, 4) is 0 Å². The third kappa shape index (κ3) is 2.42. The fourth-order valence-corrected chi connectivity index (χ4v) is 1.72. The van der Waals surface area contributed by atoms with Gasteiger partial charge in [-0.25, -0.2) is 0 Å². The molecule has 0 aromatic heterocycles. The maximum absolute atomic E-state index is 10.8. The van der Waals surface area contributed by atoms with Crippen LogP contribution in [0.3, 0.4) is 0 Å². The molecule has 1 heterocycles. The average Bonchev–Trinajstić information content (AvgIpc) is 2.03. The Hall–Kier alpha value is -0.610. The van der Waals surface area contributed by atoms with Crippen molar-refractivity contribution >= 4 is 6.41 Å². The zero-order valence-corrected chi connectivity index (χ0v) is 8.66. The molecule has 0 bridgehead atoms. The van der Waals surface area contributed by atoms with E-state index in [1.807, 2.05) is 13.8 Å². The first-order valence-corrected chi connectivity index (χ1v) is 4.63. The standard InChI is InChI=1S/C9H19N3O/c1-9(2,10)8-6-11(3)4-5-12(8)7-13/h7-8H,4-6,10H2,1-3H3. The number of amides is 1. The van der Waals surface area contributed by atoms with Gasteiger partial charge in [0.15, 0.2) is 0 Å². The van der Waals surface area contributed by atoms with Crippen LogP contribution >= 0.6 is 0 Å². The van der Waals surface area contributed by atoms with E-state index in [0.717, 1.165) is 26.0 Å². The van der Waals surface area contributed by atoms with Crippen LogP contribution in [0.25, 0.3) is 0 Å². The second-order valence-corrected chi connectivity index (χ2v) is 4.44. The van der Waals surface area contributed by atoms with Gasteiger partial charge in [0, 0.05) is 25.2 Å². The molecule has 1 fully saturated rings. The second kappa shape index (κ2) is 3.64. The quantitative estimate of drug-likeness (QED) is 0.590. The molecule has 0 aromatic rings. The van der Waals surface area contributed by atoms with Crippen LogP contribution in [0.1, 0.15) is 13.8 Å². The highest BCUT2D eigenvalue weighted by atomic mass is 16.1. The molecule has 0 aromatic carbocycles. The fourth-order valence-electron chi connectivity index (χ4n) is 1.72. The summed E-state index contributed by atoms with van der Waals surface area (Å²) in [6, 6.07) is 0.128. The highest BCUT2D eigenvalue weighted by molar-refractivity contribution is 5.48. The lowest BCUT2D eigenvalue weighted by atomic mass is 9.93. The summed E-state index contributed by atoms with van der Waals surface area (Å²) < 4.78 is 0. The first-order chi connectivity index (χ1) is 5.95. The predicted octanol–water partition coefficient (Wildman–Crippen LogP) is -0.504. The number of hydrogen-bond acceptors (Lipinski definition) is 3. The number of piperazine rings is 1. The minimum Gasteiger partial charge on any atom is -0.338 e. The van der Waals surface area contributed by atoms with E-state index >= 15 is 0 Å². The summed E-state index contributed by atoms with van der Waals surface area (Å²) in [6.07, 6.45) is 0.909. The molecule has 76 valence electrons. The SMILES string of the molecule is CN1CCN(C=O)C(C(C)(C)N)C1. The summed E-state index contributed by atoms with van der Waals surface area (Å²) in [4.78, 5) is 14.8. The van der Waals surface area contributed by atoms with Crippen molar-refractivity contribution in [2.75, 3.05) is 26.7 Å². The summed E-state index contributed by atoms with van der Waals surface area (Å²) in [6.45, 7) is 6.51. The van der Waals surface area contributed by atoms with Crippen LogP contribution < -0.4 is 5.73 Å². The lowest BCUT2D eigenvalue weighted by molar-refractivity contribution is -0.124. The van der Waals surface area contributed by atoms with E-state index in [0.29, 0.717) is 0 Å². The molecule has 1 unspecified atom stereocenters. The van der Waals surface area contributed by atoms with Crippen molar-refractivity contribution in [3.63, 3.8) is 0 Å². The molecular weight excluding hydrogens is 166 g/mol. The van der Waals surface area contributed by atoms with Gasteiger partial charge in [0.1, 0.15) is 0 Å². The Morgan fingerprint density at radius 1 is 1.46 bits per heavy atom. The van der Waals surface area contributed by atoms with E-state index in [1.165, 1.54) is 0 Å². The van der Waals surface area contributed by atoms with E-state index in [9.17, 15) is 4.79 Å². The molecule has 1 rings (SSSR count). The van der Waals surface area contributed by atoms with Crippen molar-refractivity contribution in [2.24, 2.45) is 5.73 Å². The number of carbonyl (C=O) groups excluding carboxylic acids is 1. The summed E-state index contributed by atoms with van der Waals surface area (Å²) in [7, 11) is 2.06.